The highest BCUT2D eigenvalue weighted by molar-refractivity contribution is 7.99. The molecule has 0 spiro atoms. The number of aromatic nitrogens is 4. The van der Waals surface area contributed by atoms with Gasteiger partial charge >= 0.3 is 0 Å². The van der Waals surface area contributed by atoms with E-state index in [9.17, 15) is 14.9 Å². The minimum absolute atomic E-state index is 0.147. The number of rotatable bonds is 6. The molecule has 0 aliphatic carbocycles. The van der Waals surface area contributed by atoms with Crippen LogP contribution >= 0.6 is 23.1 Å². The molecule has 0 aliphatic heterocycles. The molecule has 9 nitrogen and oxygen atoms in total. The van der Waals surface area contributed by atoms with Gasteiger partial charge in [-0.25, -0.2) is 0 Å². The zero-order valence-electron chi connectivity index (χ0n) is 16.3. The zero-order chi connectivity index (χ0) is 21.8. The number of nitro groups is 1. The van der Waals surface area contributed by atoms with Crippen molar-refractivity contribution in [2.24, 2.45) is 12.0 Å². The third-order valence-corrected chi connectivity index (χ3v) is 6.24. The first-order valence-corrected chi connectivity index (χ1v) is 10.8. The predicted molar refractivity (Wildman–Crippen MR) is 116 cm³/mol. The summed E-state index contributed by atoms with van der Waals surface area (Å²) in [4.78, 5) is 28.9. The van der Waals surface area contributed by atoms with E-state index in [2.05, 4.69) is 15.2 Å². The first kappa shape index (κ1) is 20.7. The van der Waals surface area contributed by atoms with E-state index in [0.29, 0.717) is 21.4 Å². The standard InChI is InChI=1S/C20H16N6O3S2/c1-24-13-21-23-20(24)31-17-8-7-15(11-16(17)26(28)29)18(27)22-19-25(9-10-30-19)12-14-5-3-2-4-6-14/h2-11,13H,12H2,1H3. The summed E-state index contributed by atoms with van der Waals surface area (Å²) in [5.41, 5.74) is 1.04. The number of carbonyl (C=O) groups is 1. The Bertz CT molecular complexity index is 1310. The van der Waals surface area contributed by atoms with Crippen LogP contribution in [-0.4, -0.2) is 30.2 Å². The predicted octanol–water partition coefficient (Wildman–Crippen LogP) is 3.53. The lowest BCUT2D eigenvalue weighted by Crippen LogP contribution is -2.17. The van der Waals surface area contributed by atoms with Crippen molar-refractivity contribution < 1.29 is 9.72 Å². The largest absolute Gasteiger partial charge is 0.319 e. The van der Waals surface area contributed by atoms with Crippen LogP contribution in [0.3, 0.4) is 0 Å². The minimum atomic E-state index is -0.539. The monoisotopic (exact) mass is 452 g/mol. The van der Waals surface area contributed by atoms with Gasteiger partial charge < -0.3 is 9.13 Å². The van der Waals surface area contributed by atoms with Crippen molar-refractivity contribution >= 4 is 34.7 Å². The Balaban J connectivity index is 1.62. The van der Waals surface area contributed by atoms with E-state index < -0.39 is 10.8 Å². The van der Waals surface area contributed by atoms with E-state index in [1.165, 1.54) is 35.9 Å². The van der Waals surface area contributed by atoms with Crippen LogP contribution in [-0.2, 0) is 13.6 Å². The highest BCUT2D eigenvalue weighted by atomic mass is 32.2. The lowest BCUT2D eigenvalue weighted by molar-refractivity contribution is -0.387. The number of hydrogen-bond donors (Lipinski definition) is 0. The normalized spacial score (nSPS) is 11.6. The van der Waals surface area contributed by atoms with Crippen molar-refractivity contribution in [3.63, 3.8) is 0 Å². The van der Waals surface area contributed by atoms with Gasteiger partial charge in [-0.05, 0) is 29.5 Å². The first-order chi connectivity index (χ1) is 15.0. The highest BCUT2D eigenvalue weighted by Gasteiger charge is 2.20. The van der Waals surface area contributed by atoms with E-state index in [1.807, 2.05) is 46.5 Å². The van der Waals surface area contributed by atoms with Crippen molar-refractivity contribution in [3.05, 3.63) is 92.5 Å². The van der Waals surface area contributed by atoms with E-state index in [-0.39, 0.29) is 11.3 Å². The van der Waals surface area contributed by atoms with Crippen molar-refractivity contribution in [3.8, 4) is 0 Å². The van der Waals surface area contributed by atoms with E-state index in [1.54, 1.807) is 11.6 Å². The van der Waals surface area contributed by atoms with E-state index in [4.69, 9.17) is 0 Å². The molecule has 0 fully saturated rings. The molecule has 2 heterocycles. The van der Waals surface area contributed by atoms with Gasteiger partial charge in [0.25, 0.3) is 11.6 Å². The summed E-state index contributed by atoms with van der Waals surface area (Å²) in [6.45, 7) is 0.573. The van der Waals surface area contributed by atoms with Gasteiger partial charge in [0.15, 0.2) is 9.96 Å². The molecular formula is C20H16N6O3S2. The van der Waals surface area contributed by atoms with Crippen LogP contribution in [0.4, 0.5) is 5.69 Å². The SMILES string of the molecule is Cn1cnnc1Sc1ccc(C(=O)N=c2sccn2Cc2ccccc2)cc1[N+](=O)[O-]. The number of carbonyl (C=O) groups excluding carboxylic acids is 1. The molecule has 0 atom stereocenters. The van der Waals surface area contributed by atoms with Crippen molar-refractivity contribution in [1.82, 2.24) is 19.3 Å². The van der Waals surface area contributed by atoms with Gasteiger partial charge in [-0.1, -0.05) is 30.3 Å². The maximum atomic E-state index is 12.7. The second-order valence-corrected chi connectivity index (χ2v) is 8.36. The van der Waals surface area contributed by atoms with Crippen LogP contribution in [0.1, 0.15) is 15.9 Å². The molecule has 4 rings (SSSR count). The van der Waals surface area contributed by atoms with Gasteiger partial charge in [-0.15, -0.1) is 21.5 Å². The van der Waals surface area contributed by atoms with Crippen LogP contribution in [0.25, 0.3) is 0 Å². The van der Waals surface area contributed by atoms with Crippen molar-refractivity contribution in [2.75, 3.05) is 0 Å². The van der Waals surface area contributed by atoms with Gasteiger partial charge in [0.2, 0.25) is 0 Å². The Kier molecular flexibility index (Phi) is 6.05. The van der Waals surface area contributed by atoms with Gasteiger partial charge in [0.05, 0.1) is 9.82 Å². The lowest BCUT2D eigenvalue weighted by atomic mass is 10.2. The van der Waals surface area contributed by atoms with E-state index in [0.717, 1.165) is 17.3 Å². The summed E-state index contributed by atoms with van der Waals surface area (Å²) in [5.74, 6) is -0.539. The number of amides is 1. The number of nitrogens with zero attached hydrogens (tertiary/aromatic N) is 6. The quantitative estimate of drug-likeness (QED) is 0.327. The first-order valence-electron chi connectivity index (χ1n) is 9.08. The fraction of sp³-hybridized carbons (Fsp3) is 0.100. The molecule has 0 N–H and O–H groups in total. The van der Waals surface area contributed by atoms with Crippen LogP contribution in [0.5, 0.6) is 0 Å². The number of hydrogen-bond acceptors (Lipinski definition) is 7. The molecule has 0 aliphatic rings. The molecule has 4 aromatic rings. The molecule has 11 heteroatoms. The fourth-order valence-electron chi connectivity index (χ4n) is 2.78. The topological polar surface area (TPSA) is 108 Å². The molecule has 2 aromatic carbocycles. The van der Waals surface area contributed by atoms with Crippen LogP contribution < -0.4 is 4.80 Å². The maximum absolute atomic E-state index is 12.7. The molecule has 0 saturated carbocycles. The Labute approximate surface area is 184 Å². The van der Waals surface area contributed by atoms with Crippen molar-refractivity contribution in [1.29, 1.82) is 0 Å². The molecule has 2 aromatic heterocycles. The molecule has 0 saturated heterocycles. The smallest absolute Gasteiger partial charge is 0.284 e. The molecule has 156 valence electrons. The summed E-state index contributed by atoms with van der Waals surface area (Å²) >= 11 is 2.44. The molecular weight excluding hydrogens is 436 g/mol. The summed E-state index contributed by atoms with van der Waals surface area (Å²) < 4.78 is 3.52. The fourth-order valence-corrected chi connectivity index (χ4v) is 4.36. The molecule has 0 unspecified atom stereocenters. The molecule has 0 radical (unpaired) electrons. The summed E-state index contributed by atoms with van der Waals surface area (Å²) in [5, 5.41) is 21.6. The average molecular weight is 453 g/mol. The Morgan fingerprint density at radius 1 is 1.26 bits per heavy atom. The van der Waals surface area contributed by atoms with Crippen LogP contribution in [0, 0.1) is 10.1 Å². The molecule has 1 amide bonds. The number of benzene rings is 2. The Morgan fingerprint density at radius 2 is 2.06 bits per heavy atom. The number of nitro benzene ring substituents is 1. The minimum Gasteiger partial charge on any atom is -0.319 e. The third kappa shape index (κ3) is 4.78. The lowest BCUT2D eigenvalue weighted by Gasteiger charge is -2.04. The Morgan fingerprint density at radius 3 is 2.77 bits per heavy atom. The maximum Gasteiger partial charge on any atom is 0.284 e. The van der Waals surface area contributed by atoms with Gasteiger partial charge in [0, 0.05) is 36.8 Å². The second-order valence-electron chi connectivity index (χ2n) is 6.48. The van der Waals surface area contributed by atoms with Gasteiger partial charge in [-0.2, -0.15) is 4.99 Å². The zero-order valence-corrected chi connectivity index (χ0v) is 17.9. The van der Waals surface area contributed by atoms with Crippen molar-refractivity contribution in [2.45, 2.75) is 16.6 Å². The summed E-state index contributed by atoms with van der Waals surface area (Å²) in [6, 6.07) is 14.1. The average Bonchev–Trinajstić information content (AvgIpc) is 3.37. The van der Waals surface area contributed by atoms with E-state index >= 15 is 0 Å². The Hall–Kier alpha value is -3.57. The van der Waals surface area contributed by atoms with Gasteiger partial charge in [-0.3, -0.25) is 14.9 Å². The number of aryl methyl sites for hydroxylation is 1. The summed E-state index contributed by atoms with van der Waals surface area (Å²) in [6.07, 6.45) is 3.36. The van der Waals surface area contributed by atoms with Gasteiger partial charge in [0.1, 0.15) is 6.33 Å². The van der Waals surface area contributed by atoms with Crippen LogP contribution in [0.2, 0.25) is 0 Å². The molecule has 0 bridgehead atoms. The second kappa shape index (κ2) is 9.06. The molecule has 31 heavy (non-hydrogen) atoms. The van der Waals surface area contributed by atoms with Crippen LogP contribution in [0.15, 0.2) is 81.5 Å². The number of thiazole rings is 1. The highest BCUT2D eigenvalue weighted by Crippen LogP contribution is 2.34. The third-order valence-electron chi connectivity index (χ3n) is 4.33. The summed E-state index contributed by atoms with van der Waals surface area (Å²) in [7, 11) is 1.75.